The maximum absolute atomic E-state index is 12.9. The van der Waals surface area contributed by atoms with Crippen molar-refractivity contribution in [1.29, 1.82) is 0 Å². The normalized spacial score (nSPS) is 9.76. The number of carbonyl (C=O) groups is 2. The van der Waals surface area contributed by atoms with Crippen molar-refractivity contribution in [2.45, 2.75) is 0 Å². The summed E-state index contributed by atoms with van der Waals surface area (Å²) in [6, 6.07) is 3.16. The van der Waals surface area contributed by atoms with Crippen LogP contribution in [0.4, 0.5) is 9.18 Å². The van der Waals surface area contributed by atoms with Gasteiger partial charge in [0.05, 0.1) is 5.56 Å². The van der Waals surface area contributed by atoms with E-state index in [1.54, 1.807) is 0 Å². The molecule has 0 unspecified atom stereocenters. The Balaban J connectivity index is 2.52. The number of urea groups is 1. The molecule has 0 saturated heterocycles. The lowest BCUT2D eigenvalue weighted by Gasteiger charge is -2.07. The molecule has 0 fully saturated rings. The fraction of sp³-hybridized carbons (Fsp3) is 0.200. The zero-order valence-electron chi connectivity index (χ0n) is 8.80. The average Bonchev–Trinajstić information content (AvgIpc) is 2.27. The van der Waals surface area contributed by atoms with Gasteiger partial charge in [0, 0.05) is 17.6 Å². The fourth-order valence-corrected chi connectivity index (χ4v) is 1.56. The van der Waals surface area contributed by atoms with Crippen LogP contribution in [-0.4, -0.2) is 25.0 Å². The fourth-order valence-electron chi connectivity index (χ4n) is 1.13. The van der Waals surface area contributed by atoms with Crippen LogP contribution in [0.2, 0.25) is 0 Å². The highest BCUT2D eigenvalue weighted by Gasteiger charge is 2.10. The number of halogens is 2. The van der Waals surface area contributed by atoms with Crippen LogP contribution >= 0.6 is 15.9 Å². The minimum Gasteiger partial charge on any atom is -0.352 e. The number of rotatable bonds is 4. The van der Waals surface area contributed by atoms with Crippen LogP contribution in [0.15, 0.2) is 22.7 Å². The lowest BCUT2D eigenvalue weighted by Crippen LogP contribution is -2.37. The van der Waals surface area contributed by atoms with E-state index in [4.69, 9.17) is 5.73 Å². The molecule has 0 aliphatic heterocycles. The summed E-state index contributed by atoms with van der Waals surface area (Å²) in [6.45, 7) is 0.429. The van der Waals surface area contributed by atoms with E-state index in [0.29, 0.717) is 4.47 Å². The Bertz CT molecular complexity index is 440. The van der Waals surface area contributed by atoms with Gasteiger partial charge in [0.15, 0.2) is 0 Å². The molecule has 0 radical (unpaired) electrons. The molecule has 0 saturated carbocycles. The Morgan fingerprint density at radius 2 is 1.94 bits per heavy atom. The number of amides is 3. The molecular formula is C10H11BrFN3O2. The van der Waals surface area contributed by atoms with Crippen molar-refractivity contribution in [1.82, 2.24) is 10.6 Å². The Labute approximate surface area is 106 Å². The van der Waals surface area contributed by atoms with Crippen molar-refractivity contribution in [3.63, 3.8) is 0 Å². The zero-order valence-corrected chi connectivity index (χ0v) is 10.4. The van der Waals surface area contributed by atoms with E-state index >= 15 is 0 Å². The van der Waals surface area contributed by atoms with Gasteiger partial charge in [-0.05, 0) is 34.1 Å². The minimum atomic E-state index is -0.661. The number of carbonyl (C=O) groups excluding carboxylic acids is 2. The number of primary amides is 1. The molecule has 1 aromatic rings. The predicted molar refractivity (Wildman–Crippen MR) is 64.0 cm³/mol. The average molecular weight is 304 g/mol. The van der Waals surface area contributed by atoms with Gasteiger partial charge in [-0.1, -0.05) is 0 Å². The third-order valence-corrected chi connectivity index (χ3v) is 2.57. The van der Waals surface area contributed by atoms with Crippen LogP contribution in [0.5, 0.6) is 0 Å². The monoisotopic (exact) mass is 303 g/mol. The second-order valence-corrected chi connectivity index (χ2v) is 4.03. The van der Waals surface area contributed by atoms with E-state index in [1.165, 1.54) is 12.1 Å². The second-order valence-electron chi connectivity index (χ2n) is 3.17. The first kappa shape index (κ1) is 13.4. The zero-order chi connectivity index (χ0) is 12.8. The van der Waals surface area contributed by atoms with Gasteiger partial charge in [0.25, 0.3) is 5.91 Å². The number of hydrogen-bond acceptors (Lipinski definition) is 2. The number of benzene rings is 1. The van der Waals surface area contributed by atoms with Gasteiger partial charge in [0.1, 0.15) is 5.82 Å². The van der Waals surface area contributed by atoms with Gasteiger partial charge in [0.2, 0.25) is 0 Å². The van der Waals surface area contributed by atoms with Crippen molar-refractivity contribution < 1.29 is 14.0 Å². The quantitative estimate of drug-likeness (QED) is 0.725. The van der Waals surface area contributed by atoms with Gasteiger partial charge in [-0.2, -0.15) is 0 Å². The summed E-state index contributed by atoms with van der Waals surface area (Å²) in [5, 5.41) is 4.83. The first-order valence-corrected chi connectivity index (χ1v) is 5.56. The van der Waals surface area contributed by atoms with E-state index in [2.05, 4.69) is 26.6 Å². The molecule has 4 N–H and O–H groups in total. The Morgan fingerprint density at radius 3 is 2.59 bits per heavy atom. The van der Waals surface area contributed by atoms with Crippen molar-refractivity contribution >= 4 is 27.9 Å². The Morgan fingerprint density at radius 1 is 1.29 bits per heavy atom. The smallest absolute Gasteiger partial charge is 0.312 e. The molecule has 0 bridgehead atoms. The van der Waals surface area contributed by atoms with Crippen molar-refractivity contribution in [2.75, 3.05) is 13.1 Å². The standard InChI is InChI=1S/C10H11BrFN3O2/c11-8-2-1-6(12)5-7(8)9(16)14-3-4-15-10(13)17/h1-2,5H,3-4H2,(H,14,16)(H3,13,15,17). The van der Waals surface area contributed by atoms with Crippen LogP contribution in [-0.2, 0) is 0 Å². The molecule has 17 heavy (non-hydrogen) atoms. The third kappa shape index (κ3) is 4.39. The van der Waals surface area contributed by atoms with E-state index in [1.807, 2.05) is 0 Å². The van der Waals surface area contributed by atoms with E-state index < -0.39 is 17.8 Å². The highest BCUT2D eigenvalue weighted by Crippen LogP contribution is 2.17. The van der Waals surface area contributed by atoms with Crippen molar-refractivity contribution in [3.05, 3.63) is 34.1 Å². The first-order chi connectivity index (χ1) is 8.00. The maximum atomic E-state index is 12.9. The van der Waals surface area contributed by atoms with E-state index in [0.717, 1.165) is 6.07 Å². The Kier molecular flexibility index (Phi) is 4.89. The minimum absolute atomic E-state index is 0.198. The second kappa shape index (κ2) is 6.19. The lowest BCUT2D eigenvalue weighted by atomic mass is 10.2. The highest BCUT2D eigenvalue weighted by atomic mass is 79.9. The molecule has 0 aromatic heterocycles. The van der Waals surface area contributed by atoms with Crippen LogP contribution in [0.3, 0.4) is 0 Å². The third-order valence-electron chi connectivity index (χ3n) is 1.88. The molecular weight excluding hydrogens is 293 g/mol. The lowest BCUT2D eigenvalue weighted by molar-refractivity contribution is 0.0952. The molecule has 0 aliphatic rings. The van der Waals surface area contributed by atoms with Gasteiger partial charge < -0.3 is 16.4 Å². The summed E-state index contributed by atoms with van der Waals surface area (Å²) >= 11 is 3.15. The summed E-state index contributed by atoms with van der Waals surface area (Å²) in [5.74, 6) is -0.920. The summed E-state index contributed by atoms with van der Waals surface area (Å²) < 4.78 is 13.4. The molecule has 0 spiro atoms. The SMILES string of the molecule is NC(=O)NCCNC(=O)c1cc(F)ccc1Br. The van der Waals surface area contributed by atoms with Gasteiger partial charge >= 0.3 is 6.03 Å². The molecule has 0 atom stereocenters. The number of hydrogen-bond donors (Lipinski definition) is 3. The van der Waals surface area contributed by atoms with Crippen molar-refractivity contribution in [3.8, 4) is 0 Å². The predicted octanol–water partition coefficient (Wildman–Crippen LogP) is 0.986. The topological polar surface area (TPSA) is 84.2 Å². The van der Waals surface area contributed by atoms with Crippen molar-refractivity contribution in [2.24, 2.45) is 5.73 Å². The summed E-state index contributed by atoms with van der Waals surface area (Å²) in [7, 11) is 0. The Hall–Kier alpha value is -1.63. The number of nitrogens with one attached hydrogen (secondary N) is 2. The summed E-state index contributed by atoms with van der Waals surface area (Å²) in [4.78, 5) is 22.0. The summed E-state index contributed by atoms with van der Waals surface area (Å²) in [5.41, 5.74) is 5.04. The highest BCUT2D eigenvalue weighted by molar-refractivity contribution is 9.10. The first-order valence-electron chi connectivity index (χ1n) is 4.77. The molecule has 0 aliphatic carbocycles. The van der Waals surface area contributed by atoms with Crippen LogP contribution in [0, 0.1) is 5.82 Å². The molecule has 92 valence electrons. The molecule has 5 nitrogen and oxygen atoms in total. The molecule has 1 rings (SSSR count). The van der Waals surface area contributed by atoms with Crippen LogP contribution in [0.25, 0.3) is 0 Å². The van der Waals surface area contributed by atoms with Crippen LogP contribution in [0.1, 0.15) is 10.4 Å². The molecule has 7 heteroatoms. The molecule has 3 amide bonds. The van der Waals surface area contributed by atoms with E-state index in [-0.39, 0.29) is 18.7 Å². The summed E-state index contributed by atoms with van der Waals surface area (Å²) in [6.07, 6.45) is 0. The van der Waals surface area contributed by atoms with E-state index in [9.17, 15) is 14.0 Å². The number of nitrogens with two attached hydrogens (primary N) is 1. The van der Waals surface area contributed by atoms with Crippen LogP contribution < -0.4 is 16.4 Å². The maximum Gasteiger partial charge on any atom is 0.312 e. The molecule has 0 heterocycles. The van der Waals surface area contributed by atoms with Gasteiger partial charge in [-0.3, -0.25) is 4.79 Å². The molecule has 1 aromatic carbocycles. The van der Waals surface area contributed by atoms with Gasteiger partial charge in [-0.25, -0.2) is 9.18 Å². The van der Waals surface area contributed by atoms with Gasteiger partial charge in [-0.15, -0.1) is 0 Å². The largest absolute Gasteiger partial charge is 0.352 e.